The fourth-order valence-corrected chi connectivity index (χ4v) is 1.37. The Kier molecular flexibility index (Phi) is 4.71. The van der Waals surface area contributed by atoms with Crippen LogP contribution in [-0.4, -0.2) is 5.54 Å². The molecule has 0 fully saturated rings. The number of nitrogens with two attached hydrogens (primary N) is 1. The first kappa shape index (κ1) is 9.96. The first-order valence-electron chi connectivity index (χ1n) is 4.26. The SMILES string of the molecule is [CH2]CC(N)(CCC)CCC. The molecule has 1 heteroatoms. The minimum Gasteiger partial charge on any atom is -0.325 e. The highest BCUT2D eigenvalue weighted by Gasteiger charge is 2.19. The van der Waals surface area contributed by atoms with Gasteiger partial charge in [0.05, 0.1) is 0 Å². The molecule has 0 amide bonds. The van der Waals surface area contributed by atoms with Gasteiger partial charge in [-0.2, -0.15) is 0 Å². The highest BCUT2D eigenvalue weighted by Crippen LogP contribution is 2.19. The van der Waals surface area contributed by atoms with E-state index in [1.165, 1.54) is 12.8 Å². The van der Waals surface area contributed by atoms with Crippen LogP contribution in [0.4, 0.5) is 0 Å². The summed E-state index contributed by atoms with van der Waals surface area (Å²) < 4.78 is 0. The zero-order chi connectivity index (χ0) is 8.04. The summed E-state index contributed by atoms with van der Waals surface area (Å²) in [6, 6.07) is 0. The molecule has 0 unspecified atom stereocenters. The van der Waals surface area contributed by atoms with Crippen LogP contribution in [0.2, 0.25) is 0 Å². The Labute approximate surface area is 65.0 Å². The van der Waals surface area contributed by atoms with E-state index in [1.807, 2.05) is 0 Å². The second kappa shape index (κ2) is 4.73. The van der Waals surface area contributed by atoms with Gasteiger partial charge in [0.1, 0.15) is 0 Å². The molecule has 0 aliphatic heterocycles. The largest absolute Gasteiger partial charge is 0.325 e. The van der Waals surface area contributed by atoms with Crippen molar-refractivity contribution in [2.45, 2.75) is 51.5 Å². The molecule has 10 heavy (non-hydrogen) atoms. The number of hydrogen-bond donors (Lipinski definition) is 1. The Balaban J connectivity index is 3.69. The molecule has 1 nitrogen and oxygen atoms in total. The smallest absolute Gasteiger partial charge is 0.0154 e. The highest BCUT2D eigenvalue weighted by atomic mass is 14.7. The Morgan fingerprint density at radius 2 is 1.60 bits per heavy atom. The first-order valence-corrected chi connectivity index (χ1v) is 4.26. The molecular weight excluding hydrogens is 122 g/mol. The molecule has 0 aliphatic carbocycles. The summed E-state index contributed by atoms with van der Waals surface area (Å²) in [5.74, 6) is 0. The molecule has 0 aliphatic rings. The van der Waals surface area contributed by atoms with Gasteiger partial charge in [-0.15, -0.1) is 0 Å². The van der Waals surface area contributed by atoms with Crippen LogP contribution in [0, 0.1) is 6.92 Å². The van der Waals surface area contributed by atoms with E-state index in [-0.39, 0.29) is 5.54 Å². The van der Waals surface area contributed by atoms with Crippen LogP contribution in [-0.2, 0) is 0 Å². The molecule has 0 saturated carbocycles. The third-order valence-corrected chi connectivity index (χ3v) is 1.99. The quantitative estimate of drug-likeness (QED) is 0.627. The summed E-state index contributed by atoms with van der Waals surface area (Å²) in [7, 11) is 0. The molecule has 1 radical (unpaired) electrons. The van der Waals surface area contributed by atoms with Crippen LogP contribution in [0.1, 0.15) is 46.0 Å². The lowest BCUT2D eigenvalue weighted by molar-refractivity contribution is 0.360. The minimum absolute atomic E-state index is 0.0313. The van der Waals surface area contributed by atoms with Gasteiger partial charge in [0.25, 0.3) is 0 Å². The fraction of sp³-hybridized carbons (Fsp3) is 0.889. The van der Waals surface area contributed by atoms with Gasteiger partial charge in [0.15, 0.2) is 0 Å². The molecule has 0 saturated heterocycles. The molecular formula is C9H20N. The van der Waals surface area contributed by atoms with Gasteiger partial charge in [-0.25, -0.2) is 0 Å². The van der Waals surface area contributed by atoms with Crippen molar-refractivity contribution in [3.05, 3.63) is 6.92 Å². The summed E-state index contributed by atoms with van der Waals surface area (Å²) in [6.07, 6.45) is 5.45. The lowest BCUT2D eigenvalue weighted by atomic mass is 9.87. The topological polar surface area (TPSA) is 26.0 Å². The molecule has 0 bridgehead atoms. The Hall–Kier alpha value is -0.0400. The van der Waals surface area contributed by atoms with Crippen molar-refractivity contribution in [1.82, 2.24) is 0 Å². The van der Waals surface area contributed by atoms with E-state index in [2.05, 4.69) is 20.8 Å². The van der Waals surface area contributed by atoms with Gasteiger partial charge in [0.2, 0.25) is 0 Å². The second-order valence-electron chi connectivity index (χ2n) is 3.11. The second-order valence-corrected chi connectivity index (χ2v) is 3.11. The number of hydrogen-bond acceptors (Lipinski definition) is 1. The van der Waals surface area contributed by atoms with Crippen LogP contribution < -0.4 is 5.73 Å². The van der Waals surface area contributed by atoms with E-state index in [0.29, 0.717) is 0 Å². The summed E-state index contributed by atoms with van der Waals surface area (Å²) in [4.78, 5) is 0. The van der Waals surface area contributed by atoms with Crippen molar-refractivity contribution in [2.75, 3.05) is 0 Å². The van der Waals surface area contributed by atoms with Gasteiger partial charge in [-0.1, -0.05) is 33.6 Å². The third-order valence-electron chi connectivity index (χ3n) is 1.99. The average Bonchev–Trinajstić information content (AvgIpc) is 1.89. The summed E-state index contributed by atoms with van der Waals surface area (Å²) in [6.45, 7) is 8.22. The van der Waals surface area contributed by atoms with Gasteiger partial charge in [0, 0.05) is 5.54 Å². The van der Waals surface area contributed by atoms with E-state index in [4.69, 9.17) is 5.73 Å². The van der Waals surface area contributed by atoms with E-state index in [9.17, 15) is 0 Å². The third kappa shape index (κ3) is 3.21. The molecule has 0 heterocycles. The Bertz CT molecular complexity index is 72.8. The zero-order valence-electron chi connectivity index (χ0n) is 7.32. The van der Waals surface area contributed by atoms with Crippen molar-refractivity contribution in [2.24, 2.45) is 5.73 Å². The standard InChI is InChI=1S/C9H20N/c1-4-7-9(10,6-3)8-5-2/h3-8,10H2,1-2H3. The van der Waals surface area contributed by atoms with Crippen LogP contribution in [0.5, 0.6) is 0 Å². The maximum absolute atomic E-state index is 6.06. The van der Waals surface area contributed by atoms with Crippen molar-refractivity contribution in [3.63, 3.8) is 0 Å². The first-order chi connectivity index (χ1) is 4.68. The molecule has 2 N–H and O–H groups in total. The average molecular weight is 142 g/mol. The van der Waals surface area contributed by atoms with Crippen LogP contribution in [0.15, 0.2) is 0 Å². The maximum Gasteiger partial charge on any atom is 0.0154 e. The van der Waals surface area contributed by atoms with Crippen molar-refractivity contribution < 1.29 is 0 Å². The molecule has 0 atom stereocenters. The van der Waals surface area contributed by atoms with Gasteiger partial charge in [-0.05, 0) is 19.3 Å². The fourth-order valence-electron chi connectivity index (χ4n) is 1.37. The minimum atomic E-state index is 0.0313. The Morgan fingerprint density at radius 1 is 1.20 bits per heavy atom. The van der Waals surface area contributed by atoms with E-state index in [1.54, 1.807) is 0 Å². The molecule has 61 valence electrons. The van der Waals surface area contributed by atoms with Gasteiger partial charge >= 0.3 is 0 Å². The lowest BCUT2D eigenvalue weighted by Crippen LogP contribution is -2.38. The summed E-state index contributed by atoms with van der Waals surface area (Å²) >= 11 is 0. The molecule has 0 rings (SSSR count). The predicted octanol–water partition coefficient (Wildman–Crippen LogP) is 2.51. The molecule has 0 spiro atoms. The maximum atomic E-state index is 6.06. The molecule has 0 aromatic heterocycles. The summed E-state index contributed by atoms with van der Waals surface area (Å²) in [5.41, 5.74) is 6.09. The van der Waals surface area contributed by atoms with E-state index >= 15 is 0 Å². The lowest BCUT2D eigenvalue weighted by Gasteiger charge is -2.26. The predicted molar refractivity (Wildman–Crippen MR) is 46.7 cm³/mol. The molecule has 0 aromatic carbocycles. The normalized spacial score (nSPS) is 12.0. The summed E-state index contributed by atoms with van der Waals surface area (Å²) in [5, 5.41) is 0. The van der Waals surface area contributed by atoms with E-state index in [0.717, 1.165) is 19.3 Å². The van der Waals surface area contributed by atoms with Gasteiger partial charge in [-0.3, -0.25) is 0 Å². The van der Waals surface area contributed by atoms with Crippen LogP contribution in [0.25, 0.3) is 0 Å². The highest BCUT2D eigenvalue weighted by molar-refractivity contribution is 4.83. The van der Waals surface area contributed by atoms with Crippen molar-refractivity contribution in [1.29, 1.82) is 0 Å². The van der Waals surface area contributed by atoms with Crippen molar-refractivity contribution in [3.8, 4) is 0 Å². The van der Waals surface area contributed by atoms with Crippen LogP contribution in [0.3, 0.4) is 0 Å². The zero-order valence-corrected chi connectivity index (χ0v) is 7.32. The van der Waals surface area contributed by atoms with Gasteiger partial charge < -0.3 is 5.73 Å². The monoisotopic (exact) mass is 142 g/mol. The number of rotatable bonds is 5. The van der Waals surface area contributed by atoms with Crippen LogP contribution >= 0.6 is 0 Å². The van der Waals surface area contributed by atoms with E-state index < -0.39 is 0 Å². The van der Waals surface area contributed by atoms with Crippen molar-refractivity contribution >= 4 is 0 Å². The Morgan fingerprint density at radius 3 is 1.80 bits per heavy atom. The molecule has 0 aromatic rings.